The maximum absolute atomic E-state index is 11.8. The van der Waals surface area contributed by atoms with E-state index < -0.39 is 12.1 Å². The van der Waals surface area contributed by atoms with Gasteiger partial charge in [-0.25, -0.2) is 14.5 Å². The average molecular weight is 382 g/mol. The van der Waals surface area contributed by atoms with Crippen molar-refractivity contribution >= 4 is 12.1 Å². The molecule has 0 bridgehead atoms. The van der Waals surface area contributed by atoms with Gasteiger partial charge in [0.1, 0.15) is 6.61 Å². The Morgan fingerprint density at radius 3 is 2.52 bits per heavy atom. The van der Waals surface area contributed by atoms with Crippen LogP contribution in [0.5, 0.6) is 0 Å². The normalized spacial score (nSPS) is 11.7. The highest BCUT2D eigenvalue weighted by atomic mass is 17.5. The highest BCUT2D eigenvalue weighted by molar-refractivity contribution is 5.90. The number of benzene rings is 1. The van der Waals surface area contributed by atoms with Crippen molar-refractivity contribution in [3.63, 3.8) is 0 Å². The minimum atomic E-state index is -1.11. The first kappa shape index (κ1) is 22.9. The zero-order valence-electron chi connectivity index (χ0n) is 16.6. The zero-order chi connectivity index (χ0) is 20.1. The molecule has 1 rings (SSSR count). The monoisotopic (exact) mass is 382 g/mol. The van der Waals surface area contributed by atoms with E-state index in [9.17, 15) is 9.59 Å². The molecule has 0 radical (unpaired) electrons. The highest BCUT2D eigenvalue weighted by Gasteiger charge is 2.14. The minimum absolute atomic E-state index is 0.0252. The van der Waals surface area contributed by atoms with Gasteiger partial charge in [-0.3, -0.25) is 4.89 Å². The Kier molecular flexibility index (Phi) is 11.1. The van der Waals surface area contributed by atoms with Gasteiger partial charge in [-0.15, -0.1) is 0 Å². The summed E-state index contributed by atoms with van der Waals surface area (Å²) in [5.74, 6) is -0.244. The standard InChI is InChI=1S/C20H30O7/c1-5-7-8-17(6-2)14-23-11-12-24-20(22)26-27-25-19(21)18-10-9-15(3)13-16(18)4/h9-10,13,17H,5-8,11-12,14H2,1-4H3. The Morgan fingerprint density at radius 2 is 1.85 bits per heavy atom. The Hall–Kier alpha value is -2.12. The van der Waals surface area contributed by atoms with Gasteiger partial charge in [0.25, 0.3) is 0 Å². The number of hydrogen-bond donors (Lipinski definition) is 0. The lowest BCUT2D eigenvalue weighted by atomic mass is 10.0. The molecule has 0 saturated heterocycles. The predicted octanol–water partition coefficient (Wildman–Crippen LogP) is 4.69. The molecule has 0 fully saturated rings. The van der Waals surface area contributed by atoms with Crippen LogP contribution < -0.4 is 0 Å². The van der Waals surface area contributed by atoms with Gasteiger partial charge in [-0.2, -0.15) is 0 Å². The Morgan fingerprint density at radius 1 is 1.07 bits per heavy atom. The van der Waals surface area contributed by atoms with E-state index in [4.69, 9.17) is 9.47 Å². The van der Waals surface area contributed by atoms with Crippen LogP contribution in [0.1, 0.15) is 61.0 Å². The summed E-state index contributed by atoms with van der Waals surface area (Å²) in [5, 5.41) is 4.19. The van der Waals surface area contributed by atoms with E-state index in [2.05, 4.69) is 28.7 Å². The van der Waals surface area contributed by atoms with Gasteiger partial charge < -0.3 is 9.47 Å². The molecule has 1 unspecified atom stereocenters. The van der Waals surface area contributed by atoms with Gasteiger partial charge in [0.05, 0.1) is 17.2 Å². The molecule has 0 aliphatic heterocycles. The first-order chi connectivity index (χ1) is 13.0. The number of ether oxygens (including phenoxy) is 2. The summed E-state index contributed by atoms with van der Waals surface area (Å²) < 4.78 is 10.3. The van der Waals surface area contributed by atoms with E-state index in [0.29, 0.717) is 18.1 Å². The number of unbranched alkanes of at least 4 members (excludes halogenated alkanes) is 1. The van der Waals surface area contributed by atoms with Crippen LogP contribution >= 0.6 is 0 Å². The molecular weight excluding hydrogens is 352 g/mol. The van der Waals surface area contributed by atoms with Gasteiger partial charge in [0.2, 0.25) is 0 Å². The van der Waals surface area contributed by atoms with Crippen LogP contribution in [0.3, 0.4) is 0 Å². The van der Waals surface area contributed by atoms with Crippen LogP contribution in [-0.4, -0.2) is 31.9 Å². The van der Waals surface area contributed by atoms with Gasteiger partial charge in [-0.05, 0) is 37.8 Å². The lowest BCUT2D eigenvalue weighted by Crippen LogP contribution is -2.16. The van der Waals surface area contributed by atoms with Crippen molar-refractivity contribution in [3.05, 3.63) is 34.9 Å². The van der Waals surface area contributed by atoms with Crippen molar-refractivity contribution < 1.29 is 33.9 Å². The summed E-state index contributed by atoms with van der Waals surface area (Å²) in [6.45, 7) is 8.90. The fourth-order valence-corrected chi connectivity index (χ4v) is 2.52. The molecule has 0 N–H and O–H groups in total. The zero-order valence-corrected chi connectivity index (χ0v) is 16.6. The topological polar surface area (TPSA) is 80.3 Å². The smallest absolute Gasteiger partial charge is 0.430 e. The van der Waals surface area contributed by atoms with Crippen molar-refractivity contribution in [2.75, 3.05) is 19.8 Å². The quantitative estimate of drug-likeness (QED) is 0.224. The van der Waals surface area contributed by atoms with Crippen LogP contribution in [-0.2, 0) is 24.3 Å². The van der Waals surface area contributed by atoms with Crippen molar-refractivity contribution in [2.45, 2.75) is 53.4 Å². The van der Waals surface area contributed by atoms with Gasteiger partial charge in [0, 0.05) is 6.61 Å². The van der Waals surface area contributed by atoms with Crippen LogP contribution in [0.4, 0.5) is 4.79 Å². The average Bonchev–Trinajstić information content (AvgIpc) is 2.63. The summed E-state index contributed by atoms with van der Waals surface area (Å²) in [6.07, 6.45) is 3.44. The van der Waals surface area contributed by atoms with E-state index in [0.717, 1.165) is 24.0 Å². The fourth-order valence-electron chi connectivity index (χ4n) is 2.52. The van der Waals surface area contributed by atoms with Crippen LogP contribution in [0.25, 0.3) is 0 Å². The van der Waals surface area contributed by atoms with E-state index >= 15 is 0 Å². The SMILES string of the molecule is CCCCC(CC)COCCOC(=O)OOOC(=O)c1ccc(C)cc1C. The number of carbonyl (C=O) groups is 2. The molecule has 0 aromatic heterocycles. The second-order valence-corrected chi connectivity index (χ2v) is 6.43. The van der Waals surface area contributed by atoms with Crippen molar-refractivity contribution in [2.24, 2.45) is 5.92 Å². The molecule has 0 aliphatic rings. The number of hydrogen-bond acceptors (Lipinski definition) is 7. The summed E-state index contributed by atoms with van der Waals surface area (Å²) in [5.41, 5.74) is 2.06. The second kappa shape index (κ2) is 13.1. The maximum Gasteiger partial charge on any atom is 0.543 e. The fraction of sp³-hybridized carbons (Fsp3) is 0.600. The second-order valence-electron chi connectivity index (χ2n) is 6.43. The number of aryl methyl sites for hydroxylation is 2. The molecular formula is C20H30O7. The largest absolute Gasteiger partial charge is 0.543 e. The highest BCUT2D eigenvalue weighted by Crippen LogP contribution is 2.13. The summed E-state index contributed by atoms with van der Waals surface area (Å²) in [6, 6.07) is 5.21. The van der Waals surface area contributed by atoms with E-state index in [1.807, 2.05) is 13.0 Å². The first-order valence-corrected chi connectivity index (χ1v) is 9.35. The van der Waals surface area contributed by atoms with Crippen LogP contribution in [0, 0.1) is 19.8 Å². The number of carbonyl (C=O) groups excluding carboxylic acids is 2. The summed E-state index contributed by atoms with van der Waals surface area (Å²) in [4.78, 5) is 31.9. The van der Waals surface area contributed by atoms with Crippen molar-refractivity contribution in [1.29, 1.82) is 0 Å². The summed E-state index contributed by atoms with van der Waals surface area (Å²) >= 11 is 0. The minimum Gasteiger partial charge on any atom is -0.430 e. The Balaban J connectivity index is 2.14. The van der Waals surface area contributed by atoms with Gasteiger partial charge in [-0.1, -0.05) is 50.8 Å². The summed E-state index contributed by atoms with van der Waals surface area (Å²) in [7, 11) is 0. The van der Waals surface area contributed by atoms with Crippen molar-refractivity contribution in [1.82, 2.24) is 0 Å². The lowest BCUT2D eigenvalue weighted by molar-refractivity contribution is -0.452. The molecule has 7 nitrogen and oxygen atoms in total. The molecule has 1 aromatic rings. The van der Waals surface area contributed by atoms with Crippen LogP contribution in [0.2, 0.25) is 0 Å². The first-order valence-electron chi connectivity index (χ1n) is 9.35. The molecule has 0 saturated carbocycles. The third-order valence-electron chi connectivity index (χ3n) is 4.16. The molecule has 0 amide bonds. The van der Waals surface area contributed by atoms with Gasteiger partial charge in [0.15, 0.2) is 0 Å². The van der Waals surface area contributed by atoms with Gasteiger partial charge >= 0.3 is 12.1 Å². The molecule has 0 heterocycles. The Labute approximate surface area is 160 Å². The van der Waals surface area contributed by atoms with Crippen molar-refractivity contribution in [3.8, 4) is 0 Å². The van der Waals surface area contributed by atoms with E-state index in [-0.39, 0.29) is 13.2 Å². The molecule has 7 heteroatoms. The molecule has 0 aliphatic carbocycles. The van der Waals surface area contributed by atoms with E-state index in [1.165, 1.54) is 12.8 Å². The molecule has 1 aromatic carbocycles. The third kappa shape index (κ3) is 9.40. The molecule has 1 atom stereocenters. The lowest BCUT2D eigenvalue weighted by Gasteiger charge is -2.14. The predicted molar refractivity (Wildman–Crippen MR) is 99.0 cm³/mol. The van der Waals surface area contributed by atoms with E-state index in [1.54, 1.807) is 19.1 Å². The molecule has 152 valence electrons. The third-order valence-corrected chi connectivity index (χ3v) is 4.16. The van der Waals surface area contributed by atoms with Crippen LogP contribution in [0.15, 0.2) is 18.2 Å². The Bertz CT molecular complexity index is 586. The number of rotatable bonds is 12. The molecule has 27 heavy (non-hydrogen) atoms. The molecule has 0 spiro atoms. The maximum atomic E-state index is 11.8.